The molecule has 2 aromatic rings. The van der Waals surface area contributed by atoms with E-state index in [1.165, 1.54) is 11.1 Å². The molecule has 0 fully saturated rings. The molecule has 4 nitrogen and oxygen atoms in total. The smallest absolute Gasteiger partial charge is 0.0723 e. The van der Waals surface area contributed by atoms with Crippen molar-refractivity contribution in [2.24, 2.45) is 5.10 Å². The molecule has 0 radical (unpaired) electrons. The average Bonchev–Trinajstić information content (AvgIpc) is 2.65. The number of hydrogen-bond donors (Lipinski definition) is 2. The van der Waals surface area contributed by atoms with E-state index in [2.05, 4.69) is 58.8 Å². The number of likely N-dealkylation sites (N-methyl/N-ethyl adjacent to an activating group) is 1. The molecule has 124 valence electrons. The minimum Gasteiger partial charge on any atom is -0.395 e. The highest BCUT2D eigenvalue weighted by Gasteiger charge is 2.10. The molecule has 0 heterocycles. The molecule has 24 heavy (non-hydrogen) atoms. The van der Waals surface area contributed by atoms with E-state index in [0.29, 0.717) is 6.54 Å². The van der Waals surface area contributed by atoms with E-state index in [9.17, 15) is 0 Å². The number of benzene rings is 2. The van der Waals surface area contributed by atoms with Crippen LogP contribution in [0.1, 0.15) is 24.5 Å². The van der Waals surface area contributed by atoms with Crippen molar-refractivity contribution in [3.8, 4) is 0 Å². The maximum Gasteiger partial charge on any atom is 0.0723 e. The minimum atomic E-state index is 0.161. The van der Waals surface area contributed by atoms with Crippen LogP contribution in [0.3, 0.4) is 0 Å². The summed E-state index contributed by atoms with van der Waals surface area (Å²) in [6.07, 6.45) is 5.12. The molecule has 0 atom stereocenters. The Labute approximate surface area is 143 Å². The number of fused-ring (bicyclic) bond motifs is 1. The lowest BCUT2D eigenvalue weighted by Crippen LogP contribution is -2.25. The van der Waals surface area contributed by atoms with Crippen LogP contribution >= 0.6 is 0 Å². The quantitative estimate of drug-likeness (QED) is 0.797. The fourth-order valence-electron chi connectivity index (χ4n) is 2.89. The maximum atomic E-state index is 9.11. The van der Waals surface area contributed by atoms with Gasteiger partial charge in [0.1, 0.15) is 0 Å². The summed E-state index contributed by atoms with van der Waals surface area (Å²) < 4.78 is 0. The third kappa shape index (κ3) is 3.66. The van der Waals surface area contributed by atoms with E-state index in [1.807, 2.05) is 24.3 Å². The Morgan fingerprint density at radius 1 is 1.12 bits per heavy atom. The van der Waals surface area contributed by atoms with E-state index in [-0.39, 0.29) is 6.61 Å². The Kier molecular flexibility index (Phi) is 5.29. The molecule has 4 heteroatoms. The summed E-state index contributed by atoms with van der Waals surface area (Å²) in [6.45, 7) is 3.77. The second-order valence-corrected chi connectivity index (χ2v) is 5.71. The number of hydrogen-bond acceptors (Lipinski definition) is 4. The molecule has 0 aliphatic heterocycles. The van der Waals surface area contributed by atoms with Gasteiger partial charge in [-0.3, -0.25) is 5.43 Å². The minimum absolute atomic E-state index is 0.161. The number of aliphatic hydroxyl groups is 1. The molecule has 0 bridgehead atoms. The van der Waals surface area contributed by atoms with Crippen LogP contribution in [0, 0.1) is 0 Å². The highest BCUT2D eigenvalue weighted by molar-refractivity contribution is 6.06. The van der Waals surface area contributed by atoms with Crippen molar-refractivity contribution in [2.75, 3.05) is 30.0 Å². The molecule has 1 aliphatic rings. The molecule has 0 spiro atoms. The first-order valence-corrected chi connectivity index (χ1v) is 8.36. The van der Waals surface area contributed by atoms with Crippen LogP contribution in [0.25, 0.3) is 6.08 Å². The Morgan fingerprint density at radius 2 is 1.92 bits per heavy atom. The Hall–Kier alpha value is -2.59. The maximum absolute atomic E-state index is 9.11. The second kappa shape index (κ2) is 7.79. The first-order valence-electron chi connectivity index (χ1n) is 8.36. The van der Waals surface area contributed by atoms with Crippen molar-refractivity contribution in [2.45, 2.75) is 13.3 Å². The van der Waals surface area contributed by atoms with Crippen molar-refractivity contribution >= 4 is 23.2 Å². The molecule has 0 amide bonds. The van der Waals surface area contributed by atoms with Gasteiger partial charge in [0, 0.05) is 30.8 Å². The highest BCUT2D eigenvalue weighted by atomic mass is 16.3. The third-order valence-electron chi connectivity index (χ3n) is 4.18. The molecule has 0 saturated heterocycles. The van der Waals surface area contributed by atoms with Gasteiger partial charge in [0.2, 0.25) is 0 Å². The fourth-order valence-corrected chi connectivity index (χ4v) is 2.89. The van der Waals surface area contributed by atoms with Crippen molar-refractivity contribution in [1.82, 2.24) is 0 Å². The largest absolute Gasteiger partial charge is 0.395 e. The first kappa shape index (κ1) is 16.3. The fraction of sp³-hybridized carbons (Fsp3) is 0.250. The number of nitrogens with zero attached hydrogens (tertiary/aromatic N) is 2. The van der Waals surface area contributed by atoms with Crippen molar-refractivity contribution < 1.29 is 5.11 Å². The zero-order valence-corrected chi connectivity index (χ0v) is 13.9. The van der Waals surface area contributed by atoms with Crippen LogP contribution in [0.5, 0.6) is 0 Å². The van der Waals surface area contributed by atoms with Crippen LogP contribution in [0.2, 0.25) is 0 Å². The van der Waals surface area contributed by atoms with Gasteiger partial charge >= 0.3 is 0 Å². The van der Waals surface area contributed by atoms with E-state index < -0.39 is 0 Å². The molecule has 0 saturated carbocycles. The molecule has 2 N–H and O–H groups in total. The molecule has 1 aliphatic carbocycles. The summed E-state index contributed by atoms with van der Waals surface area (Å²) in [4.78, 5) is 2.14. The average molecular weight is 321 g/mol. The number of nitrogens with one attached hydrogen (secondary N) is 1. The first-order chi connectivity index (χ1) is 11.8. The molecule has 3 rings (SSSR count). The SMILES string of the molecule is CCN(CCO)c1ccc(N/N=C2/CC=Cc3ccccc32)cc1. The number of hydrazone groups is 1. The molecule has 0 unspecified atom stereocenters. The standard InChI is InChI=1S/C20H23N3O/c1-2-23(14-15-24)18-12-10-17(11-13-18)21-22-20-9-5-7-16-6-3-4-8-19(16)20/h3-8,10-13,21,24H,2,9,14-15H2,1H3/b22-20-. The van der Waals surface area contributed by atoms with Crippen molar-refractivity contribution in [3.63, 3.8) is 0 Å². The van der Waals surface area contributed by atoms with Gasteiger partial charge in [-0.15, -0.1) is 0 Å². The van der Waals surface area contributed by atoms with Gasteiger partial charge in [-0.25, -0.2) is 0 Å². The predicted octanol–water partition coefficient (Wildman–Crippen LogP) is 3.74. The van der Waals surface area contributed by atoms with Gasteiger partial charge in [0.25, 0.3) is 0 Å². The summed E-state index contributed by atoms with van der Waals surface area (Å²) in [5.74, 6) is 0. The Morgan fingerprint density at radius 3 is 2.67 bits per heavy atom. The summed E-state index contributed by atoms with van der Waals surface area (Å²) in [5, 5.41) is 13.7. The zero-order valence-electron chi connectivity index (χ0n) is 13.9. The van der Waals surface area contributed by atoms with Crippen LogP contribution < -0.4 is 10.3 Å². The third-order valence-corrected chi connectivity index (χ3v) is 4.18. The lowest BCUT2D eigenvalue weighted by atomic mass is 9.96. The predicted molar refractivity (Wildman–Crippen MR) is 102 cm³/mol. The van der Waals surface area contributed by atoms with Crippen LogP contribution in [-0.2, 0) is 0 Å². The topological polar surface area (TPSA) is 47.9 Å². The van der Waals surface area contributed by atoms with Gasteiger partial charge in [-0.05, 0) is 36.8 Å². The van der Waals surface area contributed by atoms with E-state index >= 15 is 0 Å². The van der Waals surface area contributed by atoms with Gasteiger partial charge in [-0.2, -0.15) is 5.10 Å². The number of anilines is 2. The summed E-state index contributed by atoms with van der Waals surface area (Å²) >= 11 is 0. The summed E-state index contributed by atoms with van der Waals surface area (Å²) in [7, 11) is 0. The molecular weight excluding hydrogens is 298 g/mol. The summed E-state index contributed by atoms with van der Waals surface area (Å²) in [5.41, 5.74) is 8.67. The lowest BCUT2D eigenvalue weighted by Gasteiger charge is -2.22. The monoisotopic (exact) mass is 321 g/mol. The van der Waals surface area contributed by atoms with Crippen LogP contribution in [-0.4, -0.2) is 30.5 Å². The van der Waals surface area contributed by atoms with Crippen LogP contribution in [0.15, 0.2) is 59.7 Å². The molecule has 2 aromatic carbocycles. The second-order valence-electron chi connectivity index (χ2n) is 5.71. The van der Waals surface area contributed by atoms with Crippen molar-refractivity contribution in [1.29, 1.82) is 0 Å². The van der Waals surface area contributed by atoms with E-state index in [1.54, 1.807) is 0 Å². The Balaban J connectivity index is 1.72. The number of allylic oxidation sites excluding steroid dienone is 1. The number of rotatable bonds is 6. The normalized spacial score (nSPS) is 14.5. The Bertz CT molecular complexity index is 735. The van der Waals surface area contributed by atoms with Gasteiger partial charge in [-0.1, -0.05) is 36.4 Å². The molecular formula is C20H23N3O. The lowest BCUT2D eigenvalue weighted by molar-refractivity contribution is 0.302. The van der Waals surface area contributed by atoms with E-state index in [0.717, 1.165) is 30.1 Å². The van der Waals surface area contributed by atoms with E-state index in [4.69, 9.17) is 5.11 Å². The van der Waals surface area contributed by atoms with Gasteiger partial charge in [0.05, 0.1) is 18.0 Å². The van der Waals surface area contributed by atoms with Gasteiger partial charge in [0.15, 0.2) is 0 Å². The molecule has 0 aromatic heterocycles. The summed E-state index contributed by atoms with van der Waals surface area (Å²) in [6, 6.07) is 16.4. The highest BCUT2D eigenvalue weighted by Crippen LogP contribution is 2.21. The zero-order chi connectivity index (χ0) is 16.8. The van der Waals surface area contributed by atoms with Crippen molar-refractivity contribution in [3.05, 3.63) is 65.7 Å². The number of aliphatic hydroxyl groups excluding tert-OH is 1. The van der Waals surface area contributed by atoms with Crippen LogP contribution in [0.4, 0.5) is 11.4 Å². The van der Waals surface area contributed by atoms with Gasteiger partial charge < -0.3 is 10.0 Å².